The zero-order chi connectivity index (χ0) is 22.9. The van der Waals surface area contributed by atoms with E-state index < -0.39 is 12.5 Å². The van der Waals surface area contributed by atoms with Gasteiger partial charge in [0.2, 0.25) is 5.91 Å². The van der Waals surface area contributed by atoms with Crippen molar-refractivity contribution in [1.82, 2.24) is 9.97 Å². The van der Waals surface area contributed by atoms with E-state index in [0.29, 0.717) is 27.8 Å². The minimum atomic E-state index is -2.92. The average Bonchev–Trinajstić information content (AvgIpc) is 2.79. The maximum absolute atomic E-state index is 12.7. The fourth-order valence-electron chi connectivity index (χ4n) is 2.56. The van der Waals surface area contributed by atoms with Crippen molar-refractivity contribution in [2.75, 3.05) is 16.5 Å². The first-order valence-electron chi connectivity index (χ1n) is 9.19. The fraction of sp³-hybridized carbons (Fsp3) is 0.143. The van der Waals surface area contributed by atoms with Gasteiger partial charge in [0.15, 0.2) is 0 Å². The third-order valence-corrected chi connectivity index (χ3v) is 5.26. The van der Waals surface area contributed by atoms with Crippen molar-refractivity contribution >= 4 is 46.7 Å². The summed E-state index contributed by atoms with van der Waals surface area (Å²) in [5.41, 5.74) is 1.64. The van der Waals surface area contributed by atoms with Crippen molar-refractivity contribution in [2.45, 2.75) is 17.4 Å². The van der Waals surface area contributed by atoms with Crippen molar-refractivity contribution in [2.24, 2.45) is 0 Å². The third-order valence-electron chi connectivity index (χ3n) is 3.94. The zero-order valence-corrected chi connectivity index (χ0v) is 18.0. The van der Waals surface area contributed by atoms with E-state index in [2.05, 4.69) is 25.3 Å². The Morgan fingerprint density at radius 3 is 2.56 bits per heavy atom. The van der Waals surface area contributed by atoms with Gasteiger partial charge < -0.3 is 15.4 Å². The molecule has 7 nitrogen and oxygen atoms in total. The Balaban J connectivity index is 1.66. The Kier molecular flexibility index (Phi) is 8.34. The number of aromatic nitrogens is 2. The van der Waals surface area contributed by atoms with E-state index in [0.717, 1.165) is 5.56 Å². The molecule has 2 N–H and O–H groups in total. The predicted octanol–water partition coefficient (Wildman–Crippen LogP) is 4.80. The molecule has 0 unspecified atom stereocenters. The van der Waals surface area contributed by atoms with Crippen LogP contribution in [0, 0.1) is 0 Å². The predicted molar refractivity (Wildman–Crippen MR) is 118 cm³/mol. The van der Waals surface area contributed by atoms with Crippen molar-refractivity contribution in [3.05, 3.63) is 72.1 Å². The summed E-state index contributed by atoms with van der Waals surface area (Å²) in [4.78, 5) is 32.5. The van der Waals surface area contributed by atoms with Crippen molar-refractivity contribution < 1.29 is 23.1 Å². The molecule has 3 aromatic rings. The highest BCUT2D eigenvalue weighted by Crippen LogP contribution is 2.26. The largest absolute Gasteiger partial charge is 0.435 e. The van der Waals surface area contributed by atoms with Crippen LogP contribution in [0.25, 0.3) is 0 Å². The fourth-order valence-corrected chi connectivity index (χ4v) is 3.56. The molecule has 0 spiro atoms. The first kappa shape index (κ1) is 23.4. The van der Waals surface area contributed by atoms with E-state index in [1.54, 1.807) is 36.7 Å². The molecule has 32 heavy (non-hydrogen) atoms. The second-order valence-electron chi connectivity index (χ2n) is 6.23. The van der Waals surface area contributed by atoms with E-state index in [-0.39, 0.29) is 17.5 Å². The molecule has 0 atom stereocenters. The molecule has 0 saturated carbocycles. The van der Waals surface area contributed by atoms with E-state index in [9.17, 15) is 18.4 Å². The smallest absolute Gasteiger partial charge is 0.387 e. The number of pyridine rings is 2. The van der Waals surface area contributed by atoms with Gasteiger partial charge in [-0.1, -0.05) is 0 Å². The molecule has 0 aliphatic heterocycles. The van der Waals surface area contributed by atoms with Crippen LogP contribution in [-0.2, 0) is 10.5 Å². The standard InChI is InChI=1S/C21H17ClF2N4O3S/c22-11-18(29)28-17-10-13(7-9-25-17)12-32-20-16(2-1-8-26-20)19(30)27-14-3-5-15(6-4-14)31-21(23)24/h1-10,21H,11-12H2,(H,27,30)(H,25,28,29). The minimum absolute atomic E-state index is 0.00502. The number of nitrogens with one attached hydrogen (secondary N) is 2. The molecule has 2 amide bonds. The van der Waals surface area contributed by atoms with Crippen LogP contribution < -0.4 is 15.4 Å². The molecule has 0 radical (unpaired) electrons. The molecule has 3 rings (SSSR count). The van der Waals surface area contributed by atoms with Gasteiger partial charge in [0.25, 0.3) is 5.91 Å². The third kappa shape index (κ3) is 6.89. The second kappa shape index (κ2) is 11.4. The lowest BCUT2D eigenvalue weighted by Gasteiger charge is -2.10. The normalized spacial score (nSPS) is 10.6. The van der Waals surface area contributed by atoms with Crippen LogP contribution in [0.4, 0.5) is 20.3 Å². The summed E-state index contributed by atoms with van der Waals surface area (Å²) in [6.07, 6.45) is 3.14. The summed E-state index contributed by atoms with van der Waals surface area (Å²) in [7, 11) is 0. The summed E-state index contributed by atoms with van der Waals surface area (Å²) in [5, 5.41) is 5.79. The number of alkyl halides is 3. The highest BCUT2D eigenvalue weighted by atomic mass is 35.5. The molecule has 1 aromatic carbocycles. The van der Waals surface area contributed by atoms with Gasteiger partial charge in [-0.25, -0.2) is 9.97 Å². The number of nitrogens with zero attached hydrogens (tertiary/aromatic N) is 2. The molecule has 0 fully saturated rings. The van der Waals surface area contributed by atoms with Crippen LogP contribution in [0.2, 0.25) is 0 Å². The lowest BCUT2D eigenvalue weighted by molar-refractivity contribution is -0.113. The SMILES string of the molecule is O=C(CCl)Nc1cc(CSc2ncccc2C(=O)Nc2ccc(OC(F)F)cc2)ccn1. The Bertz CT molecular complexity index is 1090. The van der Waals surface area contributed by atoms with Crippen molar-refractivity contribution in [1.29, 1.82) is 0 Å². The van der Waals surface area contributed by atoms with E-state index in [4.69, 9.17) is 11.6 Å². The molecule has 2 heterocycles. The first-order chi connectivity index (χ1) is 15.4. The Morgan fingerprint density at radius 2 is 1.84 bits per heavy atom. The summed E-state index contributed by atoms with van der Waals surface area (Å²) in [6.45, 7) is -2.92. The lowest BCUT2D eigenvalue weighted by atomic mass is 10.2. The topological polar surface area (TPSA) is 93.2 Å². The van der Waals surface area contributed by atoms with E-state index in [1.165, 1.54) is 36.0 Å². The van der Waals surface area contributed by atoms with Crippen LogP contribution in [0.3, 0.4) is 0 Å². The summed E-state index contributed by atoms with van der Waals surface area (Å²) < 4.78 is 28.8. The minimum Gasteiger partial charge on any atom is -0.435 e. The van der Waals surface area contributed by atoms with Gasteiger partial charge in [0.05, 0.1) is 5.56 Å². The summed E-state index contributed by atoms with van der Waals surface area (Å²) in [5.74, 6) is -0.0749. The number of rotatable bonds is 9. The Morgan fingerprint density at radius 1 is 1.06 bits per heavy atom. The number of carbonyl (C=O) groups excluding carboxylic acids is 2. The zero-order valence-electron chi connectivity index (χ0n) is 16.4. The van der Waals surface area contributed by atoms with Gasteiger partial charge in [-0.05, 0) is 54.1 Å². The van der Waals surface area contributed by atoms with Gasteiger partial charge >= 0.3 is 6.61 Å². The Hall–Kier alpha value is -3.24. The summed E-state index contributed by atoms with van der Waals surface area (Å²) in [6, 6.07) is 12.4. The van der Waals surface area contributed by atoms with Crippen LogP contribution in [0.5, 0.6) is 5.75 Å². The molecule has 0 aliphatic carbocycles. The molecule has 2 aromatic heterocycles. The van der Waals surface area contributed by atoms with Gasteiger partial charge in [-0.2, -0.15) is 8.78 Å². The highest BCUT2D eigenvalue weighted by molar-refractivity contribution is 7.98. The summed E-state index contributed by atoms with van der Waals surface area (Å²) >= 11 is 6.83. The van der Waals surface area contributed by atoms with Crippen LogP contribution >= 0.6 is 23.4 Å². The second-order valence-corrected chi connectivity index (χ2v) is 7.46. The van der Waals surface area contributed by atoms with E-state index >= 15 is 0 Å². The van der Waals surface area contributed by atoms with Crippen LogP contribution in [0.15, 0.2) is 66.0 Å². The first-order valence-corrected chi connectivity index (χ1v) is 10.7. The van der Waals surface area contributed by atoms with E-state index in [1.807, 2.05) is 0 Å². The molecule has 0 saturated heterocycles. The van der Waals surface area contributed by atoms with Gasteiger partial charge in [-0.3, -0.25) is 9.59 Å². The molecular formula is C21H17ClF2N4O3S. The average molecular weight is 479 g/mol. The number of halogens is 3. The Labute approximate surface area is 191 Å². The number of benzene rings is 1. The maximum atomic E-state index is 12.7. The number of hydrogen-bond donors (Lipinski definition) is 2. The quantitative estimate of drug-likeness (QED) is 0.339. The molecule has 11 heteroatoms. The molecule has 0 bridgehead atoms. The highest BCUT2D eigenvalue weighted by Gasteiger charge is 2.14. The number of anilines is 2. The number of carbonyl (C=O) groups is 2. The van der Waals surface area contributed by atoms with Crippen LogP contribution in [-0.4, -0.2) is 34.3 Å². The number of amides is 2. The molecular weight excluding hydrogens is 462 g/mol. The number of ether oxygens (including phenoxy) is 1. The maximum Gasteiger partial charge on any atom is 0.387 e. The molecule has 166 valence electrons. The lowest BCUT2D eigenvalue weighted by Crippen LogP contribution is -2.14. The number of hydrogen-bond acceptors (Lipinski definition) is 6. The monoisotopic (exact) mass is 478 g/mol. The van der Waals surface area contributed by atoms with Crippen LogP contribution in [0.1, 0.15) is 15.9 Å². The van der Waals surface area contributed by atoms with Crippen molar-refractivity contribution in [3.8, 4) is 5.75 Å². The van der Waals surface area contributed by atoms with Crippen molar-refractivity contribution in [3.63, 3.8) is 0 Å². The van der Waals surface area contributed by atoms with Gasteiger partial charge in [0, 0.05) is 23.8 Å². The molecule has 0 aliphatic rings. The van der Waals surface area contributed by atoms with Gasteiger partial charge in [0.1, 0.15) is 22.5 Å². The number of thioether (sulfide) groups is 1. The van der Waals surface area contributed by atoms with Gasteiger partial charge in [-0.15, -0.1) is 23.4 Å².